The number of hydrogen-bond donors (Lipinski definition) is 0. The standard InChI is InChI=1S/C15H26O2/c1-4-6-8-10-12-14(15(16)17-3)13-11-9-7-5-2/h6-9,14H,4-5,10-13H2,1-3H3/b8-6-,9-7-. The molecule has 0 aromatic rings. The summed E-state index contributed by atoms with van der Waals surface area (Å²) >= 11 is 0. The topological polar surface area (TPSA) is 26.3 Å². The Morgan fingerprint density at radius 1 is 1.00 bits per heavy atom. The molecule has 0 aromatic carbocycles. The van der Waals surface area contributed by atoms with Gasteiger partial charge >= 0.3 is 5.97 Å². The van der Waals surface area contributed by atoms with E-state index in [2.05, 4.69) is 38.2 Å². The summed E-state index contributed by atoms with van der Waals surface area (Å²) in [7, 11) is 1.47. The summed E-state index contributed by atoms with van der Waals surface area (Å²) in [6.07, 6.45) is 14.4. The second-order valence-electron chi connectivity index (χ2n) is 4.13. The summed E-state index contributed by atoms with van der Waals surface area (Å²) in [4.78, 5) is 11.6. The second-order valence-corrected chi connectivity index (χ2v) is 4.13. The first-order valence-corrected chi connectivity index (χ1v) is 6.64. The third kappa shape index (κ3) is 8.73. The zero-order valence-corrected chi connectivity index (χ0v) is 11.4. The highest BCUT2D eigenvalue weighted by molar-refractivity contribution is 5.72. The van der Waals surface area contributed by atoms with Crippen LogP contribution in [0.15, 0.2) is 24.3 Å². The Labute approximate surface area is 106 Å². The van der Waals surface area contributed by atoms with Crippen LogP contribution in [-0.2, 0) is 9.53 Å². The van der Waals surface area contributed by atoms with Crippen LogP contribution in [-0.4, -0.2) is 13.1 Å². The molecular weight excluding hydrogens is 212 g/mol. The average molecular weight is 238 g/mol. The smallest absolute Gasteiger partial charge is 0.308 e. The number of carbonyl (C=O) groups is 1. The Morgan fingerprint density at radius 2 is 1.47 bits per heavy atom. The Bertz CT molecular complexity index is 223. The molecule has 98 valence electrons. The fourth-order valence-electron chi connectivity index (χ4n) is 1.71. The number of carbonyl (C=O) groups excluding carboxylic acids is 1. The van der Waals surface area contributed by atoms with Crippen molar-refractivity contribution in [1.29, 1.82) is 0 Å². The molecule has 0 saturated heterocycles. The van der Waals surface area contributed by atoms with Crippen LogP contribution in [0.4, 0.5) is 0 Å². The van der Waals surface area contributed by atoms with Crippen molar-refractivity contribution in [3.63, 3.8) is 0 Å². The Kier molecular flexibility index (Phi) is 10.7. The lowest BCUT2D eigenvalue weighted by atomic mass is 9.97. The largest absolute Gasteiger partial charge is 0.469 e. The van der Waals surface area contributed by atoms with Gasteiger partial charge in [-0.05, 0) is 38.5 Å². The van der Waals surface area contributed by atoms with Gasteiger partial charge in [0.05, 0.1) is 13.0 Å². The van der Waals surface area contributed by atoms with Gasteiger partial charge in [0.15, 0.2) is 0 Å². The van der Waals surface area contributed by atoms with Gasteiger partial charge in [0.25, 0.3) is 0 Å². The molecule has 0 unspecified atom stereocenters. The van der Waals surface area contributed by atoms with Gasteiger partial charge in [0, 0.05) is 0 Å². The van der Waals surface area contributed by atoms with Gasteiger partial charge in [-0.15, -0.1) is 0 Å². The van der Waals surface area contributed by atoms with E-state index in [1.165, 1.54) is 7.11 Å². The van der Waals surface area contributed by atoms with Crippen LogP contribution in [0.5, 0.6) is 0 Å². The number of rotatable bonds is 9. The van der Waals surface area contributed by atoms with Gasteiger partial charge in [0.2, 0.25) is 0 Å². The molecule has 0 N–H and O–H groups in total. The summed E-state index contributed by atoms with van der Waals surface area (Å²) in [5, 5.41) is 0. The lowest BCUT2D eigenvalue weighted by Crippen LogP contribution is -2.15. The van der Waals surface area contributed by atoms with Crippen LogP contribution < -0.4 is 0 Å². The Morgan fingerprint density at radius 3 is 1.82 bits per heavy atom. The van der Waals surface area contributed by atoms with Crippen molar-refractivity contribution in [3.05, 3.63) is 24.3 Å². The number of esters is 1. The summed E-state index contributed by atoms with van der Waals surface area (Å²) in [6, 6.07) is 0. The van der Waals surface area contributed by atoms with E-state index in [1.807, 2.05) is 0 Å². The molecule has 0 aromatic heterocycles. The van der Waals surface area contributed by atoms with Crippen molar-refractivity contribution in [2.24, 2.45) is 5.92 Å². The molecule has 0 radical (unpaired) electrons. The molecule has 2 heteroatoms. The van der Waals surface area contributed by atoms with E-state index < -0.39 is 0 Å². The zero-order valence-electron chi connectivity index (χ0n) is 11.4. The molecule has 0 aliphatic heterocycles. The van der Waals surface area contributed by atoms with Gasteiger partial charge in [-0.25, -0.2) is 0 Å². The molecule has 0 rings (SSSR count). The lowest BCUT2D eigenvalue weighted by Gasteiger charge is -2.12. The quantitative estimate of drug-likeness (QED) is 0.443. The van der Waals surface area contributed by atoms with Crippen LogP contribution in [0.1, 0.15) is 52.4 Å². The molecule has 0 fully saturated rings. The highest BCUT2D eigenvalue weighted by Gasteiger charge is 2.16. The van der Waals surface area contributed by atoms with Gasteiger partial charge in [-0.2, -0.15) is 0 Å². The summed E-state index contributed by atoms with van der Waals surface area (Å²) in [5.74, 6) is -0.0252. The summed E-state index contributed by atoms with van der Waals surface area (Å²) in [5.41, 5.74) is 0. The molecule has 0 aliphatic carbocycles. The molecule has 0 heterocycles. The molecule has 0 saturated carbocycles. The van der Waals surface area contributed by atoms with Crippen LogP contribution in [0.25, 0.3) is 0 Å². The van der Waals surface area contributed by atoms with Crippen molar-refractivity contribution in [2.45, 2.75) is 52.4 Å². The highest BCUT2D eigenvalue weighted by atomic mass is 16.5. The predicted octanol–water partition coefficient (Wildman–Crippen LogP) is 4.27. The maximum absolute atomic E-state index is 11.6. The molecule has 0 bridgehead atoms. The maximum Gasteiger partial charge on any atom is 0.308 e. The van der Waals surface area contributed by atoms with E-state index in [1.54, 1.807) is 0 Å². The van der Waals surface area contributed by atoms with E-state index in [0.717, 1.165) is 38.5 Å². The van der Waals surface area contributed by atoms with Crippen LogP contribution in [0, 0.1) is 5.92 Å². The second kappa shape index (κ2) is 11.4. The number of hydrogen-bond acceptors (Lipinski definition) is 2. The number of methoxy groups -OCH3 is 1. The van der Waals surface area contributed by atoms with E-state index in [-0.39, 0.29) is 11.9 Å². The lowest BCUT2D eigenvalue weighted by molar-refractivity contribution is -0.145. The minimum Gasteiger partial charge on any atom is -0.469 e. The van der Waals surface area contributed by atoms with Crippen molar-refractivity contribution >= 4 is 5.97 Å². The molecular formula is C15H26O2. The number of allylic oxidation sites excluding steroid dienone is 4. The van der Waals surface area contributed by atoms with E-state index in [9.17, 15) is 4.79 Å². The third-order valence-corrected chi connectivity index (χ3v) is 2.70. The Balaban J connectivity index is 4.01. The molecule has 0 spiro atoms. The molecule has 0 atom stereocenters. The summed E-state index contributed by atoms with van der Waals surface area (Å²) < 4.78 is 4.84. The highest BCUT2D eigenvalue weighted by Crippen LogP contribution is 2.16. The normalized spacial score (nSPS) is 11.8. The van der Waals surface area contributed by atoms with Crippen molar-refractivity contribution in [3.8, 4) is 0 Å². The van der Waals surface area contributed by atoms with Gasteiger partial charge in [-0.1, -0.05) is 38.2 Å². The SMILES string of the molecule is CC/C=C\CCC(CC/C=C\CC)C(=O)OC. The van der Waals surface area contributed by atoms with Gasteiger partial charge < -0.3 is 4.74 Å². The van der Waals surface area contributed by atoms with Crippen LogP contribution >= 0.6 is 0 Å². The molecule has 2 nitrogen and oxygen atoms in total. The molecule has 0 aliphatic rings. The van der Waals surface area contributed by atoms with Crippen molar-refractivity contribution in [1.82, 2.24) is 0 Å². The zero-order chi connectivity index (χ0) is 12.9. The van der Waals surface area contributed by atoms with Gasteiger partial charge in [0.1, 0.15) is 0 Å². The third-order valence-electron chi connectivity index (χ3n) is 2.70. The molecule has 0 amide bonds. The first-order valence-electron chi connectivity index (χ1n) is 6.64. The average Bonchev–Trinajstić information content (AvgIpc) is 2.36. The van der Waals surface area contributed by atoms with E-state index in [0.29, 0.717) is 0 Å². The molecule has 17 heavy (non-hydrogen) atoms. The van der Waals surface area contributed by atoms with Crippen molar-refractivity contribution in [2.75, 3.05) is 7.11 Å². The van der Waals surface area contributed by atoms with Crippen molar-refractivity contribution < 1.29 is 9.53 Å². The van der Waals surface area contributed by atoms with E-state index >= 15 is 0 Å². The first kappa shape index (κ1) is 16.0. The fourth-order valence-corrected chi connectivity index (χ4v) is 1.71. The monoisotopic (exact) mass is 238 g/mol. The minimum absolute atomic E-state index is 0.0445. The maximum atomic E-state index is 11.6. The van der Waals surface area contributed by atoms with Crippen LogP contribution in [0.2, 0.25) is 0 Å². The van der Waals surface area contributed by atoms with Gasteiger partial charge in [-0.3, -0.25) is 4.79 Å². The Hall–Kier alpha value is -1.05. The van der Waals surface area contributed by atoms with E-state index in [4.69, 9.17) is 4.74 Å². The fraction of sp³-hybridized carbons (Fsp3) is 0.667. The number of ether oxygens (including phenoxy) is 1. The minimum atomic E-state index is -0.0696. The first-order chi connectivity index (χ1) is 8.26. The van der Waals surface area contributed by atoms with Crippen LogP contribution in [0.3, 0.4) is 0 Å². The summed E-state index contributed by atoms with van der Waals surface area (Å²) in [6.45, 7) is 4.23. The predicted molar refractivity (Wildman–Crippen MR) is 72.8 cm³/mol.